The quantitative estimate of drug-likeness (QED) is 0.796. The average Bonchev–Trinajstić information content (AvgIpc) is 2.79. The molecule has 0 aliphatic carbocycles. The van der Waals surface area contributed by atoms with Crippen molar-refractivity contribution in [1.82, 2.24) is 9.78 Å². The van der Waals surface area contributed by atoms with Crippen molar-refractivity contribution in [2.75, 3.05) is 0 Å². The number of nitrogens with zero attached hydrogens (tertiary/aromatic N) is 2. The molecule has 1 aromatic heterocycles. The van der Waals surface area contributed by atoms with Crippen molar-refractivity contribution in [3.63, 3.8) is 0 Å². The number of aryl methyl sites for hydroxylation is 2. The molecule has 2 rings (SSSR count). The number of rotatable bonds is 5. The SMILES string of the molecule is Cc1ccc(S(=O)(=O)OCc2cn(C)nc2C(F)F)cc1. The zero-order valence-electron chi connectivity index (χ0n) is 11.5. The minimum absolute atomic E-state index is 0.0180. The first-order chi connectivity index (χ1) is 9.79. The van der Waals surface area contributed by atoms with Crippen LogP contribution in [0.1, 0.15) is 23.2 Å². The van der Waals surface area contributed by atoms with Gasteiger partial charge in [-0.3, -0.25) is 8.86 Å². The van der Waals surface area contributed by atoms with E-state index in [1.54, 1.807) is 12.1 Å². The van der Waals surface area contributed by atoms with E-state index in [0.29, 0.717) is 0 Å². The van der Waals surface area contributed by atoms with Gasteiger partial charge in [-0.05, 0) is 19.1 Å². The Balaban J connectivity index is 2.17. The lowest BCUT2D eigenvalue weighted by molar-refractivity contribution is 0.142. The minimum atomic E-state index is -3.99. The van der Waals surface area contributed by atoms with Crippen molar-refractivity contribution in [2.45, 2.75) is 24.9 Å². The van der Waals surface area contributed by atoms with Gasteiger partial charge in [0.1, 0.15) is 5.69 Å². The second-order valence-corrected chi connectivity index (χ2v) is 6.16. The molecule has 0 amide bonds. The lowest BCUT2D eigenvalue weighted by Gasteiger charge is -2.06. The highest BCUT2D eigenvalue weighted by Gasteiger charge is 2.21. The molecule has 0 saturated heterocycles. The van der Waals surface area contributed by atoms with Crippen LogP contribution in [0.15, 0.2) is 35.4 Å². The van der Waals surface area contributed by atoms with Gasteiger partial charge < -0.3 is 0 Å². The van der Waals surface area contributed by atoms with E-state index >= 15 is 0 Å². The molecule has 2 aromatic rings. The van der Waals surface area contributed by atoms with Crippen LogP contribution in [0, 0.1) is 6.92 Å². The molecular weight excluding hydrogens is 302 g/mol. The molecule has 0 atom stereocenters. The molecule has 1 heterocycles. The van der Waals surface area contributed by atoms with Crippen LogP contribution >= 0.6 is 0 Å². The van der Waals surface area contributed by atoms with E-state index in [9.17, 15) is 17.2 Å². The van der Waals surface area contributed by atoms with Gasteiger partial charge in [-0.1, -0.05) is 17.7 Å². The molecule has 0 saturated carbocycles. The molecule has 0 spiro atoms. The van der Waals surface area contributed by atoms with Gasteiger partial charge in [-0.15, -0.1) is 0 Å². The summed E-state index contributed by atoms with van der Waals surface area (Å²) in [6.07, 6.45) is -1.47. The van der Waals surface area contributed by atoms with Crippen molar-refractivity contribution in [2.24, 2.45) is 7.05 Å². The third-order valence-corrected chi connectivity index (χ3v) is 4.10. The fourth-order valence-electron chi connectivity index (χ4n) is 1.76. The predicted octanol–water partition coefficient (Wildman–Crippen LogP) is 2.57. The lowest BCUT2D eigenvalue weighted by atomic mass is 10.2. The summed E-state index contributed by atoms with van der Waals surface area (Å²) in [5.41, 5.74) is 0.473. The Hall–Kier alpha value is -1.80. The fourth-order valence-corrected chi connectivity index (χ4v) is 2.65. The third kappa shape index (κ3) is 3.64. The summed E-state index contributed by atoms with van der Waals surface area (Å²) < 4.78 is 55.5. The van der Waals surface area contributed by atoms with E-state index in [0.717, 1.165) is 5.56 Å². The van der Waals surface area contributed by atoms with Crippen molar-refractivity contribution in [3.8, 4) is 0 Å². The normalized spacial score (nSPS) is 12.0. The van der Waals surface area contributed by atoms with Crippen LogP contribution in [-0.4, -0.2) is 18.2 Å². The second-order valence-electron chi connectivity index (χ2n) is 4.54. The van der Waals surface area contributed by atoms with Gasteiger partial charge in [0, 0.05) is 18.8 Å². The molecule has 5 nitrogen and oxygen atoms in total. The van der Waals surface area contributed by atoms with Crippen LogP contribution in [0.25, 0.3) is 0 Å². The molecule has 114 valence electrons. The Morgan fingerprint density at radius 2 is 1.90 bits per heavy atom. The van der Waals surface area contributed by atoms with E-state index in [1.807, 2.05) is 6.92 Å². The van der Waals surface area contributed by atoms with Gasteiger partial charge in [0.05, 0.1) is 11.5 Å². The first-order valence-electron chi connectivity index (χ1n) is 6.06. The van der Waals surface area contributed by atoms with Crippen molar-refractivity contribution in [3.05, 3.63) is 47.3 Å². The van der Waals surface area contributed by atoms with Gasteiger partial charge in [0.25, 0.3) is 16.5 Å². The zero-order chi connectivity index (χ0) is 15.6. The third-order valence-electron chi connectivity index (χ3n) is 2.82. The molecule has 0 unspecified atom stereocenters. The number of alkyl halides is 2. The second kappa shape index (κ2) is 5.90. The average molecular weight is 316 g/mol. The molecule has 0 aliphatic heterocycles. The number of aromatic nitrogens is 2. The summed E-state index contributed by atoms with van der Waals surface area (Å²) >= 11 is 0. The summed E-state index contributed by atoms with van der Waals surface area (Å²) in [6.45, 7) is 1.34. The Bertz CT molecular complexity index is 724. The summed E-state index contributed by atoms with van der Waals surface area (Å²) in [4.78, 5) is -0.0180. The maximum Gasteiger partial charge on any atom is 0.297 e. The molecule has 0 aliphatic rings. The highest BCUT2D eigenvalue weighted by atomic mass is 32.2. The first-order valence-corrected chi connectivity index (χ1v) is 7.47. The van der Waals surface area contributed by atoms with Gasteiger partial charge in [-0.25, -0.2) is 8.78 Å². The van der Waals surface area contributed by atoms with Crippen molar-refractivity contribution >= 4 is 10.1 Å². The Labute approximate surface area is 121 Å². The maximum absolute atomic E-state index is 12.7. The van der Waals surface area contributed by atoms with E-state index < -0.39 is 28.8 Å². The summed E-state index contributed by atoms with van der Waals surface area (Å²) in [5.74, 6) is 0. The van der Waals surface area contributed by atoms with Crippen LogP contribution in [0.2, 0.25) is 0 Å². The maximum atomic E-state index is 12.7. The van der Waals surface area contributed by atoms with Crippen LogP contribution in [-0.2, 0) is 28.0 Å². The first kappa shape index (κ1) is 15.6. The van der Waals surface area contributed by atoms with Crippen LogP contribution in [0.4, 0.5) is 8.78 Å². The number of hydrogen-bond acceptors (Lipinski definition) is 4. The largest absolute Gasteiger partial charge is 0.297 e. The van der Waals surface area contributed by atoms with E-state index in [4.69, 9.17) is 4.18 Å². The van der Waals surface area contributed by atoms with Gasteiger partial charge in [-0.2, -0.15) is 13.5 Å². The molecular formula is C13H14F2N2O3S. The van der Waals surface area contributed by atoms with Gasteiger partial charge in [0.15, 0.2) is 0 Å². The summed E-state index contributed by atoms with van der Waals surface area (Å²) in [6, 6.07) is 6.07. The van der Waals surface area contributed by atoms with E-state index in [1.165, 1.54) is 30.1 Å². The summed E-state index contributed by atoms with van der Waals surface area (Å²) in [5, 5.41) is 3.59. The molecule has 0 bridgehead atoms. The smallest absolute Gasteiger partial charge is 0.275 e. The van der Waals surface area contributed by atoms with E-state index in [2.05, 4.69) is 5.10 Å². The standard InChI is InChI=1S/C13H14F2N2O3S/c1-9-3-5-11(6-4-9)21(18,19)20-8-10-7-17(2)16-12(10)13(14)15/h3-7,13H,8H2,1-2H3. The molecule has 0 fully saturated rings. The van der Waals surface area contributed by atoms with Crippen LogP contribution in [0.3, 0.4) is 0 Å². The highest BCUT2D eigenvalue weighted by Crippen LogP contribution is 2.23. The highest BCUT2D eigenvalue weighted by molar-refractivity contribution is 7.86. The number of halogens is 2. The number of benzene rings is 1. The zero-order valence-corrected chi connectivity index (χ0v) is 12.3. The fraction of sp³-hybridized carbons (Fsp3) is 0.308. The van der Waals surface area contributed by atoms with Crippen LogP contribution < -0.4 is 0 Å². The molecule has 0 radical (unpaired) electrons. The minimum Gasteiger partial charge on any atom is -0.275 e. The van der Waals surface area contributed by atoms with Crippen molar-refractivity contribution in [1.29, 1.82) is 0 Å². The Kier molecular flexibility index (Phi) is 4.38. The van der Waals surface area contributed by atoms with Crippen LogP contribution in [0.5, 0.6) is 0 Å². The Morgan fingerprint density at radius 3 is 2.48 bits per heavy atom. The Morgan fingerprint density at radius 1 is 1.29 bits per heavy atom. The van der Waals surface area contributed by atoms with E-state index in [-0.39, 0.29) is 10.5 Å². The van der Waals surface area contributed by atoms with Gasteiger partial charge >= 0.3 is 0 Å². The predicted molar refractivity (Wildman–Crippen MR) is 71.3 cm³/mol. The lowest BCUT2D eigenvalue weighted by Crippen LogP contribution is -2.07. The van der Waals surface area contributed by atoms with Crippen molar-refractivity contribution < 1.29 is 21.4 Å². The van der Waals surface area contributed by atoms with Gasteiger partial charge in [0.2, 0.25) is 0 Å². The summed E-state index contributed by atoms with van der Waals surface area (Å²) in [7, 11) is -2.51. The number of hydrogen-bond donors (Lipinski definition) is 0. The monoisotopic (exact) mass is 316 g/mol. The molecule has 8 heteroatoms. The molecule has 1 aromatic carbocycles. The molecule has 21 heavy (non-hydrogen) atoms. The topological polar surface area (TPSA) is 61.2 Å². The molecule has 0 N–H and O–H groups in total.